The molecule has 1 aromatic heterocycles. The fraction of sp³-hybridized carbons (Fsp3) is 0.600. The van der Waals surface area contributed by atoms with Crippen LogP contribution in [-0.4, -0.2) is 27.1 Å². The molecule has 1 aromatic rings. The molecule has 14 heavy (non-hydrogen) atoms. The van der Waals surface area contributed by atoms with Crippen molar-refractivity contribution in [1.82, 2.24) is 9.78 Å². The van der Waals surface area contributed by atoms with Crippen molar-refractivity contribution in [2.45, 2.75) is 19.9 Å². The zero-order valence-corrected chi connectivity index (χ0v) is 9.09. The number of thioether (sulfide) groups is 1. The summed E-state index contributed by atoms with van der Waals surface area (Å²) in [5.41, 5.74) is 0.778. The normalized spacial score (nSPS) is 21.4. The minimum Gasteiger partial charge on any atom is -0.292 e. The lowest BCUT2D eigenvalue weighted by Gasteiger charge is -2.08. The van der Waals surface area contributed by atoms with Gasteiger partial charge in [0.2, 0.25) is 0 Å². The molecule has 4 heteroatoms. The van der Waals surface area contributed by atoms with E-state index in [9.17, 15) is 4.79 Å². The van der Waals surface area contributed by atoms with Gasteiger partial charge in [-0.3, -0.25) is 9.48 Å². The molecule has 0 saturated carbocycles. The lowest BCUT2D eigenvalue weighted by molar-refractivity contribution is 0.0923. The van der Waals surface area contributed by atoms with Gasteiger partial charge < -0.3 is 0 Å². The summed E-state index contributed by atoms with van der Waals surface area (Å²) in [6, 6.07) is 1.83. The molecule has 0 N–H and O–H groups in total. The second kappa shape index (κ2) is 4.17. The number of Topliss-reactive ketones (excluding diaryl/α,β-unsaturated/α-hetero) is 1. The van der Waals surface area contributed by atoms with Crippen molar-refractivity contribution in [2.24, 2.45) is 5.92 Å². The van der Waals surface area contributed by atoms with Crippen LogP contribution >= 0.6 is 11.8 Å². The van der Waals surface area contributed by atoms with E-state index in [-0.39, 0.29) is 11.7 Å². The maximum Gasteiger partial charge on any atom is 0.184 e. The molecular formula is C10H14N2OS. The van der Waals surface area contributed by atoms with Crippen molar-refractivity contribution in [1.29, 1.82) is 0 Å². The average Bonchev–Trinajstić information content (AvgIpc) is 2.87. The van der Waals surface area contributed by atoms with Gasteiger partial charge in [0.25, 0.3) is 0 Å². The third-order valence-electron chi connectivity index (χ3n) is 2.57. The van der Waals surface area contributed by atoms with Gasteiger partial charge in [0, 0.05) is 24.4 Å². The molecule has 1 fully saturated rings. The van der Waals surface area contributed by atoms with E-state index in [1.165, 1.54) is 0 Å². The molecule has 0 radical (unpaired) electrons. The number of hydrogen-bond donors (Lipinski definition) is 0. The Morgan fingerprint density at radius 3 is 3.29 bits per heavy atom. The van der Waals surface area contributed by atoms with Gasteiger partial charge in [-0.25, -0.2) is 0 Å². The second-order valence-electron chi connectivity index (χ2n) is 3.46. The lowest BCUT2D eigenvalue weighted by atomic mass is 10.0. The van der Waals surface area contributed by atoms with Crippen LogP contribution in [0.15, 0.2) is 12.3 Å². The number of rotatable bonds is 3. The quantitative estimate of drug-likeness (QED) is 0.714. The number of aryl methyl sites for hydroxylation is 1. The van der Waals surface area contributed by atoms with E-state index in [1.54, 1.807) is 10.9 Å². The zero-order chi connectivity index (χ0) is 9.97. The smallest absolute Gasteiger partial charge is 0.184 e. The monoisotopic (exact) mass is 210 g/mol. The van der Waals surface area contributed by atoms with Gasteiger partial charge in [-0.15, -0.1) is 0 Å². The highest BCUT2D eigenvalue weighted by atomic mass is 32.2. The van der Waals surface area contributed by atoms with E-state index in [2.05, 4.69) is 5.10 Å². The Balaban J connectivity index is 2.17. The predicted molar refractivity (Wildman–Crippen MR) is 57.7 cm³/mol. The maximum absolute atomic E-state index is 12.0. The summed E-state index contributed by atoms with van der Waals surface area (Å²) < 4.78 is 1.78. The van der Waals surface area contributed by atoms with E-state index in [1.807, 2.05) is 24.8 Å². The van der Waals surface area contributed by atoms with E-state index in [4.69, 9.17) is 0 Å². The molecular weight excluding hydrogens is 196 g/mol. The highest BCUT2D eigenvalue weighted by Gasteiger charge is 2.26. The van der Waals surface area contributed by atoms with Gasteiger partial charge >= 0.3 is 0 Å². The third-order valence-corrected chi connectivity index (χ3v) is 3.73. The molecule has 0 bridgehead atoms. The van der Waals surface area contributed by atoms with Crippen LogP contribution in [0, 0.1) is 5.92 Å². The minimum absolute atomic E-state index is 0.224. The molecule has 1 atom stereocenters. The van der Waals surface area contributed by atoms with Crippen LogP contribution in [0.25, 0.3) is 0 Å². The first-order valence-electron chi connectivity index (χ1n) is 4.96. The largest absolute Gasteiger partial charge is 0.292 e. The molecule has 0 spiro atoms. The van der Waals surface area contributed by atoms with Crippen LogP contribution in [-0.2, 0) is 6.54 Å². The fourth-order valence-electron chi connectivity index (χ4n) is 1.74. The van der Waals surface area contributed by atoms with E-state index >= 15 is 0 Å². The highest BCUT2D eigenvalue weighted by Crippen LogP contribution is 2.26. The molecule has 3 nitrogen and oxygen atoms in total. The topological polar surface area (TPSA) is 34.9 Å². The minimum atomic E-state index is 0.224. The van der Waals surface area contributed by atoms with Crippen LogP contribution in [0.2, 0.25) is 0 Å². The Morgan fingerprint density at radius 1 is 1.79 bits per heavy atom. The van der Waals surface area contributed by atoms with Gasteiger partial charge in [-0.1, -0.05) is 0 Å². The van der Waals surface area contributed by atoms with E-state index in [0.29, 0.717) is 0 Å². The number of nitrogens with zero attached hydrogens (tertiary/aromatic N) is 2. The Morgan fingerprint density at radius 2 is 2.64 bits per heavy atom. The predicted octanol–water partition coefficient (Wildman–Crippen LogP) is 1.84. The first kappa shape index (κ1) is 9.77. The summed E-state index contributed by atoms with van der Waals surface area (Å²) in [4.78, 5) is 12.0. The number of aromatic nitrogens is 2. The van der Waals surface area contributed by atoms with Crippen molar-refractivity contribution in [3.63, 3.8) is 0 Å². The fourth-order valence-corrected chi connectivity index (χ4v) is 2.96. The van der Waals surface area contributed by atoms with Crippen LogP contribution in [0.5, 0.6) is 0 Å². The van der Waals surface area contributed by atoms with Crippen LogP contribution in [0.4, 0.5) is 0 Å². The maximum atomic E-state index is 12.0. The van der Waals surface area contributed by atoms with Crippen molar-refractivity contribution in [3.8, 4) is 0 Å². The Labute approximate surface area is 87.9 Å². The SMILES string of the molecule is CCn1nccc1C(=O)C1CCSC1. The summed E-state index contributed by atoms with van der Waals surface area (Å²) in [7, 11) is 0. The molecule has 0 aromatic carbocycles. The summed E-state index contributed by atoms with van der Waals surface area (Å²) in [6.07, 6.45) is 2.73. The van der Waals surface area contributed by atoms with Crippen molar-refractivity contribution >= 4 is 17.5 Å². The molecule has 2 heterocycles. The summed E-state index contributed by atoms with van der Waals surface area (Å²) in [5.74, 6) is 2.60. The Hall–Kier alpha value is -0.770. The first-order valence-corrected chi connectivity index (χ1v) is 6.12. The van der Waals surface area contributed by atoms with Crippen LogP contribution in [0.3, 0.4) is 0 Å². The molecule has 0 amide bonds. The van der Waals surface area contributed by atoms with Gasteiger partial charge in [0.1, 0.15) is 5.69 Å². The van der Waals surface area contributed by atoms with Gasteiger partial charge in [0.15, 0.2) is 5.78 Å². The van der Waals surface area contributed by atoms with Gasteiger partial charge in [0.05, 0.1) is 0 Å². The molecule has 1 saturated heterocycles. The lowest BCUT2D eigenvalue weighted by Crippen LogP contribution is -2.18. The van der Waals surface area contributed by atoms with Crippen molar-refractivity contribution in [3.05, 3.63) is 18.0 Å². The van der Waals surface area contributed by atoms with Crippen molar-refractivity contribution < 1.29 is 4.79 Å². The standard InChI is InChI=1S/C10H14N2OS/c1-2-12-9(3-5-11-12)10(13)8-4-6-14-7-8/h3,5,8H,2,4,6-7H2,1H3. The first-order chi connectivity index (χ1) is 6.83. The van der Waals surface area contributed by atoms with Gasteiger partial charge in [-0.2, -0.15) is 16.9 Å². The molecule has 76 valence electrons. The number of hydrogen-bond acceptors (Lipinski definition) is 3. The number of carbonyl (C=O) groups is 1. The molecule has 2 rings (SSSR count). The number of carbonyl (C=O) groups excluding carboxylic acids is 1. The molecule has 0 aliphatic carbocycles. The summed E-state index contributed by atoms with van der Waals surface area (Å²) in [5, 5.41) is 4.12. The summed E-state index contributed by atoms with van der Waals surface area (Å²) >= 11 is 1.87. The molecule has 1 unspecified atom stereocenters. The van der Waals surface area contributed by atoms with Crippen molar-refractivity contribution in [2.75, 3.05) is 11.5 Å². The van der Waals surface area contributed by atoms with E-state index in [0.717, 1.165) is 30.2 Å². The highest BCUT2D eigenvalue weighted by molar-refractivity contribution is 7.99. The second-order valence-corrected chi connectivity index (χ2v) is 4.61. The Bertz CT molecular complexity index is 329. The van der Waals surface area contributed by atoms with E-state index < -0.39 is 0 Å². The zero-order valence-electron chi connectivity index (χ0n) is 8.27. The third kappa shape index (κ3) is 1.71. The summed E-state index contributed by atoms with van der Waals surface area (Å²) in [6.45, 7) is 2.78. The number of ketones is 1. The average molecular weight is 210 g/mol. The Kier molecular flexibility index (Phi) is 2.91. The van der Waals surface area contributed by atoms with Gasteiger partial charge in [-0.05, 0) is 25.2 Å². The molecule has 1 aliphatic rings. The molecule has 1 aliphatic heterocycles. The van der Waals surface area contributed by atoms with Crippen LogP contribution < -0.4 is 0 Å². The van der Waals surface area contributed by atoms with Crippen LogP contribution in [0.1, 0.15) is 23.8 Å².